The van der Waals surface area contributed by atoms with E-state index in [0.717, 1.165) is 23.4 Å². The number of rotatable bonds is 10. The van der Waals surface area contributed by atoms with E-state index in [9.17, 15) is 23.2 Å². The summed E-state index contributed by atoms with van der Waals surface area (Å²) in [6.45, 7) is 1.44. The third-order valence-electron chi connectivity index (χ3n) is 7.27. The van der Waals surface area contributed by atoms with Crippen LogP contribution in [0.1, 0.15) is 38.3 Å². The number of hydrazone groups is 1. The number of pyridine rings is 2. The predicted octanol–water partition coefficient (Wildman–Crippen LogP) is 7.58. The summed E-state index contributed by atoms with van der Waals surface area (Å²) in [5, 5.41) is 14.3. The number of aryl methyl sites for hydroxylation is 1. The number of fused-ring (bicyclic) bond motifs is 1. The Morgan fingerprint density at radius 1 is 0.958 bits per heavy atom. The summed E-state index contributed by atoms with van der Waals surface area (Å²) in [5.41, 5.74) is 5.21. The minimum Gasteiger partial charge on any atom is -0.496 e. The molecule has 5 aromatic rings. The summed E-state index contributed by atoms with van der Waals surface area (Å²) in [5.74, 6) is 1.25. The van der Waals surface area contributed by atoms with Gasteiger partial charge in [-0.05, 0) is 72.6 Å². The highest BCUT2D eigenvalue weighted by molar-refractivity contribution is 7.98. The number of nitrogens with zero attached hydrogens (tertiary/aromatic N) is 4. The lowest BCUT2D eigenvalue weighted by Gasteiger charge is -2.13. The van der Waals surface area contributed by atoms with Crippen LogP contribution in [-0.2, 0) is 11.9 Å². The molecule has 0 aliphatic heterocycles. The first-order chi connectivity index (χ1) is 23.1. The number of alkyl halides is 3. The highest BCUT2D eigenvalue weighted by Gasteiger charge is 2.34. The zero-order chi connectivity index (χ0) is 34.4. The maximum Gasteiger partial charge on any atom is 0.433 e. The molecule has 1 amide bonds. The van der Waals surface area contributed by atoms with Gasteiger partial charge in [-0.15, -0.1) is 11.8 Å². The Morgan fingerprint density at radius 3 is 2.40 bits per heavy atom. The van der Waals surface area contributed by atoms with Crippen molar-refractivity contribution in [3.63, 3.8) is 0 Å². The van der Waals surface area contributed by atoms with Crippen LogP contribution in [-0.4, -0.2) is 43.4 Å². The Hall–Kier alpha value is -5.61. The number of nitriles is 1. The molecule has 1 N–H and O–H groups in total. The van der Waals surface area contributed by atoms with Crippen molar-refractivity contribution in [3.8, 4) is 34.6 Å². The summed E-state index contributed by atoms with van der Waals surface area (Å²) in [6, 6.07) is 22.2. The lowest BCUT2D eigenvalue weighted by molar-refractivity contribution is -0.141. The maximum absolute atomic E-state index is 13.4. The van der Waals surface area contributed by atoms with Crippen LogP contribution in [0.3, 0.4) is 0 Å². The van der Waals surface area contributed by atoms with E-state index in [1.807, 2.05) is 30.3 Å². The molecule has 2 aromatic heterocycles. The standard InChI is InChI=1S/C35H28F3N5O4S/c1-20-13-32(35(36,37)38)42-34(26(20)17-39)48-19-23-14-21(9-11-29(23)45-2)18-40-43-33(44)25-16-28(41-27-8-6-5-7-24(25)27)22-10-12-30(46-3)31(15-22)47-4/h5-16,18H,19H2,1-4H3,(H,43,44)/b40-18-. The number of nitrogens with one attached hydrogen (secondary N) is 1. The number of hydrogen-bond acceptors (Lipinski definition) is 9. The van der Waals surface area contributed by atoms with E-state index >= 15 is 0 Å². The molecule has 0 unspecified atom stereocenters. The Morgan fingerprint density at radius 2 is 1.69 bits per heavy atom. The fourth-order valence-corrected chi connectivity index (χ4v) is 5.93. The van der Waals surface area contributed by atoms with Crippen LogP contribution in [0.5, 0.6) is 17.2 Å². The highest BCUT2D eigenvalue weighted by atomic mass is 32.2. The van der Waals surface area contributed by atoms with Gasteiger partial charge < -0.3 is 14.2 Å². The number of halogens is 3. The summed E-state index contributed by atoms with van der Waals surface area (Å²) in [7, 11) is 4.56. The van der Waals surface area contributed by atoms with Crippen molar-refractivity contribution in [3.05, 3.63) is 106 Å². The van der Waals surface area contributed by atoms with Crippen molar-refractivity contribution >= 4 is 34.8 Å². The number of amides is 1. The zero-order valence-corrected chi connectivity index (χ0v) is 27.0. The third kappa shape index (κ3) is 7.34. The topological polar surface area (TPSA) is 119 Å². The van der Waals surface area contributed by atoms with Gasteiger partial charge in [-0.25, -0.2) is 15.4 Å². The van der Waals surface area contributed by atoms with Gasteiger partial charge in [0.15, 0.2) is 11.5 Å². The number of methoxy groups -OCH3 is 3. The average molecular weight is 672 g/mol. The first-order valence-electron chi connectivity index (χ1n) is 14.3. The van der Waals surface area contributed by atoms with Gasteiger partial charge in [0.2, 0.25) is 0 Å². The van der Waals surface area contributed by atoms with E-state index < -0.39 is 17.8 Å². The van der Waals surface area contributed by atoms with E-state index in [-0.39, 0.29) is 21.9 Å². The number of aromatic nitrogens is 2. The molecular formula is C35H28F3N5O4S. The summed E-state index contributed by atoms with van der Waals surface area (Å²) < 4.78 is 56.4. The Bertz CT molecular complexity index is 2080. The van der Waals surface area contributed by atoms with Crippen molar-refractivity contribution in [2.75, 3.05) is 21.3 Å². The fraction of sp³-hybridized carbons (Fsp3) is 0.171. The SMILES string of the molecule is COc1ccc(/C=N\NC(=O)c2cc(-c3ccc(OC)c(OC)c3)nc3ccccc23)cc1CSc1nc(C(F)(F)F)cc(C)c1C#N. The molecule has 0 spiro atoms. The second-order valence-electron chi connectivity index (χ2n) is 10.3. The van der Waals surface area contributed by atoms with E-state index in [0.29, 0.717) is 50.5 Å². The van der Waals surface area contributed by atoms with Crippen LogP contribution in [0.4, 0.5) is 13.2 Å². The number of hydrogen-bond donors (Lipinski definition) is 1. The molecule has 0 bridgehead atoms. The normalized spacial score (nSPS) is 11.4. The zero-order valence-electron chi connectivity index (χ0n) is 26.2. The number of carbonyl (C=O) groups excluding carboxylic acids is 1. The third-order valence-corrected chi connectivity index (χ3v) is 8.30. The minimum atomic E-state index is -4.65. The molecule has 0 aliphatic carbocycles. The molecule has 0 fully saturated rings. The fourth-order valence-electron chi connectivity index (χ4n) is 4.90. The van der Waals surface area contributed by atoms with E-state index in [4.69, 9.17) is 19.2 Å². The van der Waals surface area contributed by atoms with Crippen LogP contribution >= 0.6 is 11.8 Å². The number of ether oxygens (including phenoxy) is 3. The van der Waals surface area contributed by atoms with Crippen molar-refractivity contribution in [1.82, 2.24) is 15.4 Å². The van der Waals surface area contributed by atoms with Crippen LogP contribution in [0, 0.1) is 18.3 Å². The van der Waals surface area contributed by atoms with E-state index in [1.54, 1.807) is 49.6 Å². The first-order valence-corrected chi connectivity index (χ1v) is 15.3. The number of para-hydroxylation sites is 1. The molecule has 0 atom stereocenters. The van der Waals surface area contributed by atoms with Gasteiger partial charge in [-0.2, -0.15) is 23.5 Å². The molecule has 0 aliphatic rings. The molecule has 13 heteroatoms. The maximum atomic E-state index is 13.4. The first kappa shape index (κ1) is 33.7. The number of benzene rings is 3. The van der Waals surface area contributed by atoms with E-state index in [2.05, 4.69) is 15.5 Å². The Balaban J connectivity index is 1.38. The minimum absolute atomic E-state index is 0.0322. The van der Waals surface area contributed by atoms with E-state index in [1.165, 1.54) is 27.4 Å². The molecule has 3 aromatic carbocycles. The van der Waals surface area contributed by atoms with Gasteiger partial charge >= 0.3 is 6.18 Å². The Labute approximate surface area is 278 Å². The average Bonchev–Trinajstić information content (AvgIpc) is 3.09. The molecule has 2 heterocycles. The molecule has 9 nitrogen and oxygen atoms in total. The van der Waals surface area contributed by atoms with Gasteiger partial charge in [0.1, 0.15) is 22.5 Å². The van der Waals surface area contributed by atoms with Crippen molar-refractivity contribution in [2.45, 2.75) is 23.9 Å². The summed E-state index contributed by atoms with van der Waals surface area (Å²) >= 11 is 0.990. The Kier molecular flexibility index (Phi) is 10.1. The molecule has 0 radical (unpaired) electrons. The number of carbonyl (C=O) groups is 1. The molecule has 0 saturated heterocycles. The van der Waals surface area contributed by atoms with Gasteiger partial charge in [-0.3, -0.25) is 4.79 Å². The van der Waals surface area contributed by atoms with Crippen molar-refractivity contribution in [1.29, 1.82) is 5.26 Å². The van der Waals surface area contributed by atoms with Crippen LogP contribution in [0.2, 0.25) is 0 Å². The molecule has 5 rings (SSSR count). The van der Waals surface area contributed by atoms with Gasteiger partial charge in [-0.1, -0.05) is 18.2 Å². The molecular weight excluding hydrogens is 643 g/mol. The molecule has 48 heavy (non-hydrogen) atoms. The largest absolute Gasteiger partial charge is 0.496 e. The number of thioether (sulfide) groups is 1. The summed E-state index contributed by atoms with van der Waals surface area (Å²) in [6.07, 6.45) is -3.21. The summed E-state index contributed by atoms with van der Waals surface area (Å²) in [4.78, 5) is 21.9. The lowest BCUT2D eigenvalue weighted by Crippen LogP contribution is -2.18. The second-order valence-corrected chi connectivity index (χ2v) is 11.3. The van der Waals surface area contributed by atoms with Crippen LogP contribution in [0.25, 0.3) is 22.2 Å². The predicted molar refractivity (Wildman–Crippen MR) is 177 cm³/mol. The highest BCUT2D eigenvalue weighted by Crippen LogP contribution is 2.36. The van der Waals surface area contributed by atoms with Gasteiger partial charge in [0, 0.05) is 22.3 Å². The second kappa shape index (κ2) is 14.4. The quantitative estimate of drug-likeness (QED) is 0.0918. The van der Waals surface area contributed by atoms with Crippen molar-refractivity contribution in [2.24, 2.45) is 5.10 Å². The van der Waals surface area contributed by atoms with Gasteiger partial charge in [0.25, 0.3) is 5.91 Å². The van der Waals surface area contributed by atoms with Crippen LogP contribution in [0.15, 0.2) is 82.9 Å². The molecule has 0 saturated carbocycles. The van der Waals surface area contributed by atoms with Crippen molar-refractivity contribution < 1.29 is 32.2 Å². The monoisotopic (exact) mass is 671 g/mol. The lowest BCUT2D eigenvalue weighted by atomic mass is 10.0. The van der Waals surface area contributed by atoms with Gasteiger partial charge in [0.05, 0.1) is 49.9 Å². The smallest absolute Gasteiger partial charge is 0.433 e. The molecule has 244 valence electrons. The van der Waals surface area contributed by atoms with Crippen LogP contribution < -0.4 is 19.6 Å².